The van der Waals surface area contributed by atoms with Gasteiger partial charge in [-0.25, -0.2) is 0 Å². The third-order valence-electron chi connectivity index (χ3n) is 6.32. The number of ether oxygens (including phenoxy) is 1. The monoisotopic (exact) mass is 378 g/mol. The predicted octanol–water partition coefficient (Wildman–Crippen LogP) is 4.92. The number of hydrogen-bond acceptors (Lipinski definition) is 4. The van der Waals surface area contributed by atoms with E-state index in [1.165, 1.54) is 0 Å². The van der Waals surface area contributed by atoms with E-state index >= 15 is 0 Å². The summed E-state index contributed by atoms with van der Waals surface area (Å²) in [7, 11) is 0. The topological polar surface area (TPSA) is 60.4 Å². The summed E-state index contributed by atoms with van der Waals surface area (Å²) in [5, 5.41) is 0. The van der Waals surface area contributed by atoms with Crippen molar-refractivity contribution in [1.29, 1.82) is 0 Å². The molecule has 0 radical (unpaired) electrons. The first-order valence-corrected chi connectivity index (χ1v) is 10.9. The minimum Gasteiger partial charge on any atom is -0.373 e. The van der Waals surface area contributed by atoms with Crippen LogP contribution in [-0.4, -0.2) is 29.1 Å². The van der Waals surface area contributed by atoms with Crippen molar-refractivity contribution in [2.45, 2.75) is 104 Å². The number of fused-ring (bicyclic) bond motifs is 1. The lowest BCUT2D eigenvalue weighted by Gasteiger charge is -2.31. The van der Waals surface area contributed by atoms with Crippen molar-refractivity contribution in [2.75, 3.05) is 0 Å². The van der Waals surface area contributed by atoms with Gasteiger partial charge < -0.3 is 4.74 Å². The summed E-state index contributed by atoms with van der Waals surface area (Å²) in [6.45, 7) is 10.2. The summed E-state index contributed by atoms with van der Waals surface area (Å²) < 4.78 is 5.88. The van der Waals surface area contributed by atoms with Crippen molar-refractivity contribution in [3.8, 4) is 0 Å². The molecule has 2 rings (SSSR count). The lowest BCUT2D eigenvalue weighted by atomic mass is 9.71. The van der Waals surface area contributed by atoms with Crippen molar-refractivity contribution >= 4 is 17.3 Å². The van der Waals surface area contributed by atoms with Crippen molar-refractivity contribution < 1.29 is 19.1 Å². The fourth-order valence-corrected chi connectivity index (χ4v) is 5.08. The molecule has 5 atom stereocenters. The zero-order chi connectivity index (χ0) is 20.2. The van der Waals surface area contributed by atoms with Gasteiger partial charge in [-0.1, -0.05) is 6.92 Å². The second-order valence-corrected chi connectivity index (χ2v) is 9.64. The number of ketones is 3. The van der Waals surface area contributed by atoms with Crippen LogP contribution in [0.15, 0.2) is 0 Å². The van der Waals surface area contributed by atoms with E-state index in [1.807, 2.05) is 20.8 Å². The van der Waals surface area contributed by atoms with Gasteiger partial charge in [0.05, 0.1) is 11.7 Å². The van der Waals surface area contributed by atoms with E-state index in [-0.39, 0.29) is 46.9 Å². The molecule has 27 heavy (non-hydrogen) atoms. The third kappa shape index (κ3) is 6.23. The van der Waals surface area contributed by atoms with Gasteiger partial charge in [0.2, 0.25) is 0 Å². The Morgan fingerprint density at radius 3 is 2.56 bits per heavy atom. The molecule has 4 heteroatoms. The van der Waals surface area contributed by atoms with Crippen molar-refractivity contribution in [2.24, 2.45) is 23.7 Å². The smallest absolute Gasteiger partial charge is 0.139 e. The van der Waals surface area contributed by atoms with Crippen molar-refractivity contribution in [3.05, 3.63) is 0 Å². The molecule has 0 saturated heterocycles. The first-order valence-electron chi connectivity index (χ1n) is 10.9. The highest BCUT2D eigenvalue weighted by molar-refractivity contribution is 5.91. The molecule has 0 N–H and O–H groups in total. The average Bonchev–Trinajstić information content (AvgIpc) is 2.88. The zero-order valence-corrected chi connectivity index (χ0v) is 17.9. The van der Waals surface area contributed by atoms with E-state index in [0.717, 1.165) is 32.1 Å². The highest BCUT2D eigenvalue weighted by atomic mass is 16.5. The Hall–Kier alpha value is -1.03. The fourth-order valence-electron chi connectivity index (χ4n) is 5.08. The van der Waals surface area contributed by atoms with Crippen LogP contribution >= 0.6 is 0 Å². The quantitative estimate of drug-likeness (QED) is 0.571. The minimum atomic E-state index is -0.156. The Kier molecular flexibility index (Phi) is 7.79. The molecule has 2 fully saturated rings. The molecule has 2 aliphatic rings. The molecule has 0 aromatic heterocycles. The number of carbonyl (C=O) groups is 3. The number of rotatable bonds is 9. The summed E-state index contributed by atoms with van der Waals surface area (Å²) >= 11 is 0. The van der Waals surface area contributed by atoms with Gasteiger partial charge in [-0.3, -0.25) is 14.4 Å². The Bertz CT molecular complexity index is 545. The molecule has 0 spiro atoms. The van der Waals surface area contributed by atoms with Gasteiger partial charge in [0.1, 0.15) is 17.3 Å². The third-order valence-corrected chi connectivity index (χ3v) is 6.32. The molecule has 0 bridgehead atoms. The van der Waals surface area contributed by atoms with Gasteiger partial charge >= 0.3 is 0 Å². The molecule has 154 valence electrons. The Morgan fingerprint density at radius 2 is 1.93 bits per heavy atom. The first kappa shape index (κ1) is 22.3. The Labute approximate surface area is 164 Å². The average molecular weight is 379 g/mol. The van der Waals surface area contributed by atoms with Crippen LogP contribution in [0.2, 0.25) is 0 Å². The zero-order valence-electron chi connectivity index (χ0n) is 17.9. The maximum atomic E-state index is 12.5. The summed E-state index contributed by atoms with van der Waals surface area (Å²) in [6.07, 6.45) is 6.50. The molecule has 0 aromatic carbocycles. The van der Waals surface area contributed by atoms with Gasteiger partial charge in [-0.15, -0.1) is 0 Å². The van der Waals surface area contributed by atoms with E-state index < -0.39 is 0 Å². The summed E-state index contributed by atoms with van der Waals surface area (Å²) in [5.41, 5.74) is -0.156. The summed E-state index contributed by atoms with van der Waals surface area (Å²) in [4.78, 5) is 37.2. The van der Waals surface area contributed by atoms with Crippen LogP contribution in [0.1, 0.15) is 92.4 Å². The molecule has 0 amide bonds. The van der Waals surface area contributed by atoms with Gasteiger partial charge in [0.25, 0.3) is 0 Å². The van der Waals surface area contributed by atoms with Crippen LogP contribution < -0.4 is 0 Å². The van der Waals surface area contributed by atoms with Crippen LogP contribution in [-0.2, 0) is 19.1 Å². The van der Waals surface area contributed by atoms with Crippen molar-refractivity contribution in [3.63, 3.8) is 0 Å². The highest BCUT2D eigenvalue weighted by Crippen LogP contribution is 2.47. The number of hydrogen-bond donors (Lipinski definition) is 0. The Balaban J connectivity index is 1.77. The first-order chi connectivity index (χ1) is 12.6. The molecule has 2 saturated carbocycles. The lowest BCUT2D eigenvalue weighted by molar-refractivity contribution is -0.131. The van der Waals surface area contributed by atoms with Gasteiger partial charge in [0, 0.05) is 37.0 Å². The maximum Gasteiger partial charge on any atom is 0.139 e. The second-order valence-electron chi connectivity index (χ2n) is 9.64. The molecular weight excluding hydrogens is 340 g/mol. The molecule has 0 heterocycles. The fraction of sp³-hybridized carbons (Fsp3) is 0.870. The van der Waals surface area contributed by atoms with Crippen molar-refractivity contribution in [1.82, 2.24) is 0 Å². The van der Waals surface area contributed by atoms with Crippen LogP contribution in [0, 0.1) is 23.7 Å². The van der Waals surface area contributed by atoms with E-state index in [9.17, 15) is 14.4 Å². The van der Waals surface area contributed by atoms with Crippen LogP contribution in [0.5, 0.6) is 0 Å². The number of carbonyl (C=O) groups excluding carboxylic acids is 3. The predicted molar refractivity (Wildman–Crippen MR) is 107 cm³/mol. The standard InChI is InChI=1S/C23H38O4/c1-6-16-14-20-18(21(25)13-12-19(20)22(16)26)11-10-17(24)9-7-8-15(2)27-23(3,4)5/h15-16,18-20H,6-14H2,1-5H3/t15-,16-,18?,19?,20-/m1/s1. The lowest BCUT2D eigenvalue weighted by Crippen LogP contribution is -2.34. The number of Topliss-reactive ketones (excluding diaryl/α,β-unsaturated/α-hetero) is 3. The van der Waals surface area contributed by atoms with E-state index in [1.54, 1.807) is 0 Å². The largest absolute Gasteiger partial charge is 0.373 e. The maximum absolute atomic E-state index is 12.5. The summed E-state index contributed by atoms with van der Waals surface area (Å²) in [5.74, 6) is 1.22. The van der Waals surface area contributed by atoms with Gasteiger partial charge in [0.15, 0.2) is 0 Å². The SMILES string of the molecule is CC[C@@H]1C[C@@H]2C(CCC(=O)CCC[C@@H](C)OC(C)(C)C)C(=O)CCC2C1=O. The molecule has 0 aromatic rings. The van der Waals surface area contributed by atoms with E-state index in [4.69, 9.17) is 4.74 Å². The molecule has 4 nitrogen and oxygen atoms in total. The highest BCUT2D eigenvalue weighted by Gasteiger charge is 2.48. The Morgan fingerprint density at radius 1 is 1.22 bits per heavy atom. The van der Waals surface area contributed by atoms with Gasteiger partial charge in [-0.05, 0) is 72.1 Å². The molecule has 2 aliphatic carbocycles. The van der Waals surface area contributed by atoms with Crippen LogP contribution in [0.25, 0.3) is 0 Å². The molecular formula is C23H38O4. The van der Waals surface area contributed by atoms with Crippen LogP contribution in [0.4, 0.5) is 0 Å². The molecule has 2 unspecified atom stereocenters. The van der Waals surface area contributed by atoms with E-state index in [0.29, 0.717) is 31.5 Å². The second kappa shape index (κ2) is 9.45. The van der Waals surface area contributed by atoms with Gasteiger partial charge in [-0.2, -0.15) is 0 Å². The summed E-state index contributed by atoms with van der Waals surface area (Å²) in [6, 6.07) is 0. The normalized spacial score (nSPS) is 29.7. The molecule has 0 aliphatic heterocycles. The van der Waals surface area contributed by atoms with E-state index in [2.05, 4.69) is 13.8 Å². The minimum absolute atomic E-state index is 0.0724. The van der Waals surface area contributed by atoms with Crippen LogP contribution in [0.3, 0.4) is 0 Å².